The molecule has 104 valence electrons. The van der Waals surface area contributed by atoms with Crippen LogP contribution in [0.25, 0.3) is 16.8 Å². The van der Waals surface area contributed by atoms with E-state index in [1.807, 2.05) is 30.3 Å². The minimum Gasteiger partial charge on any atom is -0.478 e. The van der Waals surface area contributed by atoms with Gasteiger partial charge in [-0.1, -0.05) is 30.3 Å². The summed E-state index contributed by atoms with van der Waals surface area (Å²) < 4.78 is 1.57. The third-order valence-corrected chi connectivity index (χ3v) is 3.31. The number of aliphatic carboxylic acids is 1. The normalized spacial score (nSPS) is 12.2. The van der Waals surface area contributed by atoms with Gasteiger partial charge in [-0.05, 0) is 30.2 Å². The van der Waals surface area contributed by atoms with Crippen LogP contribution >= 0.6 is 0 Å². The lowest BCUT2D eigenvalue weighted by molar-refractivity contribution is -0.130. The molecule has 2 aromatic heterocycles. The SMILES string of the molecule is CC(=C(C(=O)O)c1ccc2nccn2n1)c1ccccc1. The molecule has 0 radical (unpaired) electrons. The lowest BCUT2D eigenvalue weighted by Crippen LogP contribution is -2.06. The summed E-state index contributed by atoms with van der Waals surface area (Å²) in [5.41, 5.74) is 2.82. The number of benzene rings is 1. The lowest BCUT2D eigenvalue weighted by Gasteiger charge is -2.08. The molecule has 5 nitrogen and oxygen atoms in total. The number of rotatable bonds is 3. The average molecular weight is 279 g/mol. The van der Waals surface area contributed by atoms with E-state index in [-0.39, 0.29) is 5.57 Å². The summed E-state index contributed by atoms with van der Waals surface area (Å²) in [4.78, 5) is 15.8. The number of nitrogens with zero attached hydrogens (tertiary/aromatic N) is 3. The van der Waals surface area contributed by atoms with Crippen LogP contribution in [-0.4, -0.2) is 25.7 Å². The largest absolute Gasteiger partial charge is 0.478 e. The predicted octanol–water partition coefficient (Wildman–Crippen LogP) is 2.74. The van der Waals surface area contributed by atoms with Gasteiger partial charge in [0, 0.05) is 12.4 Å². The Balaban J connectivity index is 2.19. The van der Waals surface area contributed by atoms with E-state index in [1.165, 1.54) is 0 Å². The monoisotopic (exact) mass is 279 g/mol. The lowest BCUT2D eigenvalue weighted by atomic mass is 9.99. The standard InChI is InChI=1S/C16H13N3O2/c1-11(12-5-3-2-4-6-12)15(16(20)21)13-7-8-14-17-9-10-19(14)18-13/h2-10H,1H3,(H,20,21). The Labute approximate surface area is 121 Å². The second kappa shape index (κ2) is 5.20. The maximum Gasteiger partial charge on any atom is 0.338 e. The molecule has 3 rings (SSSR count). The molecular formula is C16H13N3O2. The summed E-state index contributed by atoms with van der Waals surface area (Å²) in [6.45, 7) is 1.79. The fraction of sp³-hybridized carbons (Fsp3) is 0.0625. The molecule has 0 amide bonds. The maximum atomic E-state index is 11.7. The smallest absolute Gasteiger partial charge is 0.338 e. The first-order valence-electron chi connectivity index (χ1n) is 6.47. The molecule has 1 N–H and O–H groups in total. The van der Waals surface area contributed by atoms with E-state index < -0.39 is 5.97 Å². The van der Waals surface area contributed by atoms with E-state index in [0.29, 0.717) is 16.9 Å². The molecule has 0 spiro atoms. The second-order valence-corrected chi connectivity index (χ2v) is 4.62. The van der Waals surface area contributed by atoms with Gasteiger partial charge in [-0.2, -0.15) is 5.10 Å². The number of fused-ring (bicyclic) bond motifs is 1. The Morgan fingerprint density at radius 2 is 1.90 bits per heavy atom. The van der Waals surface area contributed by atoms with Crippen molar-refractivity contribution in [1.82, 2.24) is 14.6 Å². The van der Waals surface area contributed by atoms with Crippen LogP contribution in [0.15, 0.2) is 54.9 Å². The van der Waals surface area contributed by atoms with Gasteiger partial charge in [0.25, 0.3) is 0 Å². The highest BCUT2D eigenvalue weighted by atomic mass is 16.4. The van der Waals surface area contributed by atoms with Crippen molar-refractivity contribution < 1.29 is 9.90 Å². The molecule has 0 aliphatic heterocycles. The van der Waals surface area contributed by atoms with Crippen molar-refractivity contribution in [3.63, 3.8) is 0 Å². The molecule has 5 heteroatoms. The van der Waals surface area contributed by atoms with Crippen molar-refractivity contribution in [3.8, 4) is 0 Å². The molecule has 21 heavy (non-hydrogen) atoms. The fourth-order valence-electron chi connectivity index (χ4n) is 2.24. The first-order chi connectivity index (χ1) is 10.2. The molecule has 0 saturated heterocycles. The topological polar surface area (TPSA) is 67.5 Å². The fourth-order valence-corrected chi connectivity index (χ4v) is 2.24. The van der Waals surface area contributed by atoms with E-state index in [2.05, 4.69) is 10.1 Å². The Morgan fingerprint density at radius 1 is 1.14 bits per heavy atom. The molecule has 0 bridgehead atoms. The molecule has 0 aliphatic rings. The van der Waals surface area contributed by atoms with E-state index in [9.17, 15) is 9.90 Å². The number of hydrogen-bond donors (Lipinski definition) is 1. The van der Waals surface area contributed by atoms with Crippen LogP contribution in [0, 0.1) is 0 Å². The number of aromatic nitrogens is 3. The molecule has 0 fully saturated rings. The number of carboxylic acids is 1. The van der Waals surface area contributed by atoms with Gasteiger partial charge < -0.3 is 5.11 Å². The Kier molecular flexibility index (Phi) is 3.23. The van der Waals surface area contributed by atoms with Crippen molar-refractivity contribution in [1.29, 1.82) is 0 Å². The van der Waals surface area contributed by atoms with Crippen LogP contribution in [0.2, 0.25) is 0 Å². The van der Waals surface area contributed by atoms with Crippen molar-refractivity contribution >= 4 is 22.8 Å². The summed E-state index contributed by atoms with van der Waals surface area (Å²) in [6.07, 6.45) is 3.32. The van der Waals surface area contributed by atoms with Gasteiger partial charge in [-0.3, -0.25) is 0 Å². The van der Waals surface area contributed by atoms with E-state index in [0.717, 1.165) is 5.56 Å². The third kappa shape index (κ3) is 2.41. The Hall–Kier alpha value is -2.95. The third-order valence-electron chi connectivity index (χ3n) is 3.31. The maximum absolute atomic E-state index is 11.7. The van der Waals surface area contributed by atoms with Gasteiger partial charge in [0.2, 0.25) is 0 Å². The van der Waals surface area contributed by atoms with Crippen LogP contribution in [0.5, 0.6) is 0 Å². The van der Waals surface area contributed by atoms with Crippen LogP contribution in [-0.2, 0) is 4.79 Å². The van der Waals surface area contributed by atoms with Gasteiger partial charge in [0.15, 0.2) is 5.65 Å². The van der Waals surface area contributed by atoms with E-state index in [4.69, 9.17) is 0 Å². The zero-order valence-electron chi connectivity index (χ0n) is 11.4. The molecule has 2 heterocycles. The van der Waals surface area contributed by atoms with E-state index in [1.54, 1.807) is 36.0 Å². The van der Waals surface area contributed by atoms with Crippen LogP contribution in [0.4, 0.5) is 0 Å². The molecule has 1 aromatic carbocycles. The number of imidazole rings is 1. The van der Waals surface area contributed by atoms with E-state index >= 15 is 0 Å². The Bertz CT molecular complexity index is 835. The van der Waals surface area contributed by atoms with Gasteiger partial charge in [-0.25, -0.2) is 14.3 Å². The summed E-state index contributed by atoms with van der Waals surface area (Å²) >= 11 is 0. The van der Waals surface area contributed by atoms with Crippen LogP contribution in [0.3, 0.4) is 0 Å². The van der Waals surface area contributed by atoms with Gasteiger partial charge in [0.05, 0.1) is 11.3 Å². The summed E-state index contributed by atoms with van der Waals surface area (Å²) in [5, 5.41) is 13.9. The average Bonchev–Trinajstić information content (AvgIpc) is 2.95. The number of carbonyl (C=O) groups is 1. The first-order valence-corrected chi connectivity index (χ1v) is 6.47. The van der Waals surface area contributed by atoms with Gasteiger partial charge >= 0.3 is 5.97 Å². The molecule has 3 aromatic rings. The van der Waals surface area contributed by atoms with Crippen molar-refractivity contribution in [3.05, 3.63) is 66.1 Å². The zero-order valence-corrected chi connectivity index (χ0v) is 11.4. The van der Waals surface area contributed by atoms with Crippen LogP contribution in [0.1, 0.15) is 18.2 Å². The molecular weight excluding hydrogens is 266 g/mol. The zero-order chi connectivity index (χ0) is 14.8. The second-order valence-electron chi connectivity index (χ2n) is 4.62. The molecule has 0 atom stereocenters. The quantitative estimate of drug-likeness (QED) is 0.748. The Morgan fingerprint density at radius 3 is 2.62 bits per heavy atom. The highest BCUT2D eigenvalue weighted by Crippen LogP contribution is 2.25. The minimum absolute atomic E-state index is 0.191. The van der Waals surface area contributed by atoms with Crippen LogP contribution < -0.4 is 0 Å². The highest BCUT2D eigenvalue weighted by molar-refractivity contribution is 6.22. The summed E-state index contributed by atoms with van der Waals surface area (Å²) in [7, 11) is 0. The van der Waals surface area contributed by atoms with Crippen molar-refractivity contribution in [2.24, 2.45) is 0 Å². The van der Waals surface area contributed by atoms with Gasteiger partial charge in [-0.15, -0.1) is 0 Å². The first kappa shape index (κ1) is 13.1. The minimum atomic E-state index is -0.997. The van der Waals surface area contributed by atoms with Crippen molar-refractivity contribution in [2.75, 3.05) is 0 Å². The highest BCUT2D eigenvalue weighted by Gasteiger charge is 2.17. The molecule has 0 aliphatic carbocycles. The summed E-state index contributed by atoms with van der Waals surface area (Å²) in [5.74, 6) is -0.997. The summed E-state index contributed by atoms with van der Waals surface area (Å²) in [6, 6.07) is 12.9. The van der Waals surface area contributed by atoms with Gasteiger partial charge in [0.1, 0.15) is 0 Å². The molecule has 0 saturated carbocycles. The number of allylic oxidation sites excluding steroid dienone is 1. The number of hydrogen-bond acceptors (Lipinski definition) is 3. The predicted molar refractivity (Wildman–Crippen MR) is 79.6 cm³/mol. The molecule has 0 unspecified atom stereocenters. The van der Waals surface area contributed by atoms with Crippen molar-refractivity contribution in [2.45, 2.75) is 6.92 Å². The number of carboxylic acid groups (broad SMARTS) is 1.